The summed E-state index contributed by atoms with van der Waals surface area (Å²) in [6.45, 7) is 4.08. The number of rotatable bonds is 2. The summed E-state index contributed by atoms with van der Waals surface area (Å²) in [6.07, 6.45) is 0.806. The first kappa shape index (κ1) is 9.28. The van der Waals surface area contributed by atoms with Crippen LogP contribution < -0.4 is 5.73 Å². The van der Waals surface area contributed by atoms with Gasteiger partial charge in [0, 0.05) is 17.8 Å². The second-order valence-electron chi connectivity index (χ2n) is 3.83. The molecule has 2 rings (SSSR count). The predicted molar refractivity (Wildman–Crippen MR) is 58.3 cm³/mol. The molecule has 1 aromatic carbocycles. The number of fused-ring (bicyclic) bond motifs is 1. The van der Waals surface area contributed by atoms with Crippen molar-refractivity contribution in [3.05, 3.63) is 35.6 Å². The van der Waals surface area contributed by atoms with Crippen molar-refractivity contribution in [3.63, 3.8) is 0 Å². The van der Waals surface area contributed by atoms with Crippen molar-refractivity contribution >= 4 is 11.0 Å². The minimum Gasteiger partial charge on any atom is -0.461 e. The van der Waals surface area contributed by atoms with Crippen molar-refractivity contribution in [3.8, 4) is 0 Å². The molecular formula is C12H15NO. The Hall–Kier alpha value is -1.28. The van der Waals surface area contributed by atoms with E-state index in [2.05, 4.69) is 13.0 Å². The van der Waals surface area contributed by atoms with E-state index in [0.29, 0.717) is 0 Å². The fraction of sp³-hybridized carbons (Fsp3) is 0.333. The number of aryl methyl sites for hydroxylation is 1. The van der Waals surface area contributed by atoms with Crippen LogP contribution in [0.1, 0.15) is 18.2 Å². The number of benzene rings is 1. The lowest BCUT2D eigenvalue weighted by Crippen LogP contribution is -2.17. The summed E-state index contributed by atoms with van der Waals surface area (Å²) in [6, 6.07) is 8.24. The molecule has 2 nitrogen and oxygen atoms in total. The number of hydrogen-bond donors (Lipinski definition) is 1. The highest BCUT2D eigenvalue weighted by Crippen LogP contribution is 2.25. The van der Waals surface area contributed by atoms with Gasteiger partial charge in [0.05, 0.1) is 0 Å². The van der Waals surface area contributed by atoms with Gasteiger partial charge in [-0.2, -0.15) is 0 Å². The smallest absolute Gasteiger partial charge is 0.134 e. The third-order valence-corrected chi connectivity index (χ3v) is 2.45. The standard InChI is InChI=1S/C12H15NO/c1-8(13)7-12-9(2)10-5-3-4-6-11(10)14-12/h3-6,8H,7,13H2,1-2H3. The third kappa shape index (κ3) is 1.53. The molecule has 1 heterocycles. The van der Waals surface area contributed by atoms with E-state index in [1.165, 1.54) is 10.9 Å². The summed E-state index contributed by atoms with van der Waals surface area (Å²) >= 11 is 0. The molecule has 1 aromatic heterocycles. The molecule has 0 bridgehead atoms. The van der Waals surface area contributed by atoms with Gasteiger partial charge in [-0.3, -0.25) is 0 Å². The largest absolute Gasteiger partial charge is 0.461 e. The summed E-state index contributed by atoms with van der Waals surface area (Å²) in [4.78, 5) is 0. The van der Waals surface area contributed by atoms with Crippen LogP contribution in [0.5, 0.6) is 0 Å². The monoisotopic (exact) mass is 189 g/mol. The van der Waals surface area contributed by atoms with Crippen molar-refractivity contribution in [1.82, 2.24) is 0 Å². The van der Waals surface area contributed by atoms with Gasteiger partial charge in [0.15, 0.2) is 0 Å². The summed E-state index contributed by atoms with van der Waals surface area (Å²) < 4.78 is 5.73. The molecule has 2 N–H and O–H groups in total. The maximum Gasteiger partial charge on any atom is 0.134 e. The van der Waals surface area contributed by atoms with Crippen molar-refractivity contribution in [2.24, 2.45) is 5.73 Å². The van der Waals surface area contributed by atoms with Gasteiger partial charge in [-0.05, 0) is 25.5 Å². The Morgan fingerprint density at radius 2 is 2.07 bits per heavy atom. The minimum atomic E-state index is 0.147. The van der Waals surface area contributed by atoms with Crippen molar-refractivity contribution in [2.75, 3.05) is 0 Å². The first-order valence-electron chi connectivity index (χ1n) is 4.91. The number of para-hydroxylation sites is 1. The summed E-state index contributed by atoms with van der Waals surface area (Å²) in [5.74, 6) is 1.02. The van der Waals surface area contributed by atoms with Crippen LogP contribution in [-0.2, 0) is 6.42 Å². The first-order chi connectivity index (χ1) is 6.68. The van der Waals surface area contributed by atoms with Gasteiger partial charge >= 0.3 is 0 Å². The second-order valence-corrected chi connectivity index (χ2v) is 3.83. The average molecular weight is 189 g/mol. The van der Waals surface area contributed by atoms with Crippen LogP contribution in [0.15, 0.2) is 28.7 Å². The average Bonchev–Trinajstić information content (AvgIpc) is 2.44. The Bertz CT molecular complexity index is 443. The summed E-state index contributed by atoms with van der Waals surface area (Å²) in [7, 11) is 0. The molecule has 0 spiro atoms. The molecule has 0 radical (unpaired) electrons. The number of furan rings is 1. The molecule has 0 aliphatic rings. The number of nitrogens with two attached hydrogens (primary N) is 1. The fourth-order valence-electron chi connectivity index (χ4n) is 1.71. The van der Waals surface area contributed by atoms with E-state index in [9.17, 15) is 0 Å². The highest BCUT2D eigenvalue weighted by atomic mass is 16.3. The first-order valence-corrected chi connectivity index (χ1v) is 4.91. The SMILES string of the molecule is Cc1c(CC(C)N)oc2ccccc12. The summed E-state index contributed by atoms with van der Waals surface area (Å²) in [5, 5.41) is 1.20. The van der Waals surface area contributed by atoms with E-state index in [4.69, 9.17) is 10.2 Å². The zero-order chi connectivity index (χ0) is 10.1. The second kappa shape index (κ2) is 3.46. The lowest BCUT2D eigenvalue weighted by Gasteiger charge is -2.01. The van der Waals surface area contributed by atoms with E-state index in [-0.39, 0.29) is 6.04 Å². The van der Waals surface area contributed by atoms with Gasteiger partial charge in [0.2, 0.25) is 0 Å². The zero-order valence-corrected chi connectivity index (χ0v) is 8.58. The topological polar surface area (TPSA) is 39.2 Å². The van der Waals surface area contributed by atoms with Gasteiger partial charge in [-0.1, -0.05) is 18.2 Å². The van der Waals surface area contributed by atoms with Gasteiger partial charge in [-0.15, -0.1) is 0 Å². The molecule has 0 fully saturated rings. The van der Waals surface area contributed by atoms with Gasteiger partial charge in [0.1, 0.15) is 11.3 Å². The molecule has 2 aromatic rings. The normalized spacial score (nSPS) is 13.4. The molecule has 0 saturated heterocycles. The highest BCUT2D eigenvalue weighted by Gasteiger charge is 2.10. The molecule has 74 valence electrons. The number of hydrogen-bond acceptors (Lipinski definition) is 2. The van der Waals surface area contributed by atoms with Crippen molar-refractivity contribution < 1.29 is 4.42 Å². The van der Waals surface area contributed by atoms with Crippen LogP contribution in [0.3, 0.4) is 0 Å². The molecular weight excluding hydrogens is 174 g/mol. The Labute approximate surface area is 83.7 Å². The maximum atomic E-state index is 5.76. The molecule has 2 heteroatoms. The van der Waals surface area contributed by atoms with E-state index >= 15 is 0 Å². The Kier molecular flexibility index (Phi) is 2.30. The van der Waals surface area contributed by atoms with E-state index < -0.39 is 0 Å². The predicted octanol–water partition coefficient (Wildman–Crippen LogP) is 2.63. The Balaban J connectivity index is 2.51. The lowest BCUT2D eigenvalue weighted by molar-refractivity contribution is 0.522. The molecule has 1 unspecified atom stereocenters. The van der Waals surface area contributed by atoms with Crippen LogP contribution in [-0.4, -0.2) is 6.04 Å². The quantitative estimate of drug-likeness (QED) is 0.788. The van der Waals surface area contributed by atoms with Crippen LogP contribution in [0, 0.1) is 6.92 Å². The molecule has 0 aliphatic carbocycles. The molecule has 0 amide bonds. The lowest BCUT2D eigenvalue weighted by atomic mass is 10.1. The Morgan fingerprint density at radius 3 is 2.71 bits per heavy atom. The minimum absolute atomic E-state index is 0.147. The molecule has 14 heavy (non-hydrogen) atoms. The van der Waals surface area contributed by atoms with Crippen LogP contribution in [0.25, 0.3) is 11.0 Å². The van der Waals surface area contributed by atoms with Crippen LogP contribution >= 0.6 is 0 Å². The zero-order valence-electron chi connectivity index (χ0n) is 8.58. The van der Waals surface area contributed by atoms with E-state index in [0.717, 1.165) is 17.8 Å². The van der Waals surface area contributed by atoms with E-state index in [1.54, 1.807) is 0 Å². The van der Waals surface area contributed by atoms with E-state index in [1.807, 2.05) is 25.1 Å². The van der Waals surface area contributed by atoms with Gasteiger partial charge in [0.25, 0.3) is 0 Å². The Morgan fingerprint density at radius 1 is 1.36 bits per heavy atom. The van der Waals surface area contributed by atoms with Crippen molar-refractivity contribution in [2.45, 2.75) is 26.3 Å². The van der Waals surface area contributed by atoms with Gasteiger partial charge < -0.3 is 10.2 Å². The van der Waals surface area contributed by atoms with Crippen molar-refractivity contribution in [1.29, 1.82) is 0 Å². The fourth-order valence-corrected chi connectivity index (χ4v) is 1.71. The van der Waals surface area contributed by atoms with Crippen LogP contribution in [0.4, 0.5) is 0 Å². The third-order valence-electron chi connectivity index (χ3n) is 2.45. The van der Waals surface area contributed by atoms with Crippen LogP contribution in [0.2, 0.25) is 0 Å². The maximum absolute atomic E-state index is 5.76. The molecule has 0 aliphatic heterocycles. The molecule has 0 saturated carbocycles. The molecule has 1 atom stereocenters. The summed E-state index contributed by atoms with van der Waals surface area (Å²) in [5.41, 5.74) is 7.93. The van der Waals surface area contributed by atoms with Gasteiger partial charge in [-0.25, -0.2) is 0 Å². The highest BCUT2D eigenvalue weighted by molar-refractivity contribution is 5.81.